The minimum atomic E-state index is -1.92. The molecule has 4 N–H and O–H groups in total. The number of rotatable bonds is 5. The van der Waals surface area contributed by atoms with Gasteiger partial charge in [0.25, 0.3) is 5.91 Å². The molecular weight excluding hydrogens is 589 g/mol. The zero-order valence-electron chi connectivity index (χ0n) is 20.9. The Bertz CT molecular complexity index is 1610. The van der Waals surface area contributed by atoms with Crippen LogP contribution in [0.1, 0.15) is 22.1 Å². The van der Waals surface area contributed by atoms with E-state index in [1.807, 2.05) is 12.1 Å². The standard InChI is InChI=1S/C26H22ClF3N4O6S/c27-19-12-3-1-2-4-17(12)41-23(19)25(38)31-18-5-6-39-26(18)24(37)21(22(36)16(10-35)40-26)34-9-15(32-33-34)11-7-13(28)20(30)14(29)8-11/h1-4,7-9,16,18,21-22,24,35-37H,5-6,10H2,(H,31,38)/t16-,18-,21+,22+,24-,26+/m1/s1. The summed E-state index contributed by atoms with van der Waals surface area (Å²) in [5.74, 6) is -6.97. The highest BCUT2D eigenvalue weighted by molar-refractivity contribution is 7.21. The highest BCUT2D eigenvalue weighted by Gasteiger charge is 2.62. The molecule has 4 heterocycles. The molecule has 0 radical (unpaired) electrons. The predicted molar refractivity (Wildman–Crippen MR) is 140 cm³/mol. The average molecular weight is 611 g/mol. The second kappa shape index (κ2) is 10.6. The van der Waals surface area contributed by atoms with Crippen LogP contribution in [0.15, 0.2) is 42.6 Å². The van der Waals surface area contributed by atoms with Gasteiger partial charge in [0.2, 0.25) is 5.79 Å². The molecule has 2 aromatic heterocycles. The number of thiophene rings is 1. The Hall–Kier alpha value is -3.11. The summed E-state index contributed by atoms with van der Waals surface area (Å²) >= 11 is 7.67. The molecule has 0 bridgehead atoms. The minimum Gasteiger partial charge on any atom is -0.394 e. The number of nitrogens with zero attached hydrogens (tertiary/aromatic N) is 3. The maximum absolute atomic E-state index is 13.8. The molecule has 41 heavy (non-hydrogen) atoms. The molecule has 2 fully saturated rings. The van der Waals surface area contributed by atoms with Gasteiger partial charge in [0.15, 0.2) is 17.5 Å². The second-order valence-electron chi connectivity index (χ2n) is 9.73. The van der Waals surface area contributed by atoms with Gasteiger partial charge in [-0.1, -0.05) is 35.0 Å². The molecule has 1 spiro atoms. The van der Waals surface area contributed by atoms with Crippen LogP contribution >= 0.6 is 22.9 Å². The first-order valence-electron chi connectivity index (χ1n) is 12.5. The number of aliphatic hydroxyl groups is 3. The molecule has 2 saturated heterocycles. The molecule has 10 nitrogen and oxygen atoms in total. The average Bonchev–Trinajstić information content (AvgIpc) is 3.68. The van der Waals surface area contributed by atoms with Gasteiger partial charge in [0.05, 0.1) is 30.5 Å². The number of aliphatic hydroxyl groups excluding tert-OH is 3. The number of hydrogen-bond donors (Lipinski definition) is 4. The fourth-order valence-corrected chi connectivity index (χ4v) is 6.75. The second-order valence-corrected chi connectivity index (χ2v) is 11.2. The van der Waals surface area contributed by atoms with Crippen molar-refractivity contribution in [1.29, 1.82) is 0 Å². The van der Waals surface area contributed by atoms with Crippen molar-refractivity contribution in [3.05, 3.63) is 69.9 Å². The van der Waals surface area contributed by atoms with Crippen LogP contribution in [0.4, 0.5) is 13.2 Å². The molecule has 2 aliphatic heterocycles. The lowest BCUT2D eigenvalue weighted by Crippen LogP contribution is -2.68. The molecule has 4 aromatic rings. The first-order chi connectivity index (χ1) is 19.6. The Morgan fingerprint density at radius 1 is 1.22 bits per heavy atom. The van der Waals surface area contributed by atoms with Gasteiger partial charge in [-0.05, 0) is 24.6 Å². The van der Waals surface area contributed by atoms with E-state index in [9.17, 15) is 33.3 Å². The first kappa shape index (κ1) is 28.0. The Kier molecular flexibility index (Phi) is 7.26. The Morgan fingerprint density at radius 3 is 2.66 bits per heavy atom. The number of hydrogen-bond acceptors (Lipinski definition) is 9. The van der Waals surface area contributed by atoms with Gasteiger partial charge in [-0.25, -0.2) is 17.9 Å². The van der Waals surface area contributed by atoms with Crippen LogP contribution in [-0.4, -0.2) is 79.6 Å². The van der Waals surface area contributed by atoms with Gasteiger partial charge < -0.3 is 30.1 Å². The number of benzene rings is 2. The topological polar surface area (TPSA) is 139 Å². The lowest BCUT2D eigenvalue weighted by Gasteiger charge is -2.49. The fraction of sp³-hybridized carbons (Fsp3) is 0.346. The molecule has 1 amide bonds. The molecule has 0 saturated carbocycles. The molecular formula is C26H22ClF3N4O6S. The molecule has 6 atom stereocenters. The quantitative estimate of drug-likeness (QED) is 0.253. The zero-order valence-corrected chi connectivity index (χ0v) is 22.5. The van der Waals surface area contributed by atoms with Gasteiger partial charge in [-0.3, -0.25) is 4.79 Å². The molecule has 0 unspecified atom stereocenters. The lowest BCUT2D eigenvalue weighted by atomic mass is 9.86. The Labute approximate surface area is 238 Å². The van der Waals surface area contributed by atoms with Crippen molar-refractivity contribution in [2.45, 2.75) is 42.6 Å². The van der Waals surface area contributed by atoms with E-state index in [4.69, 9.17) is 21.1 Å². The van der Waals surface area contributed by atoms with Gasteiger partial charge >= 0.3 is 0 Å². The molecule has 15 heteroatoms. The zero-order chi connectivity index (χ0) is 29.1. The molecule has 2 aliphatic rings. The smallest absolute Gasteiger partial charge is 0.263 e. The molecule has 2 aromatic carbocycles. The van der Waals surface area contributed by atoms with Gasteiger partial charge in [-0.15, -0.1) is 16.4 Å². The van der Waals surface area contributed by atoms with E-state index >= 15 is 0 Å². The maximum atomic E-state index is 13.8. The van der Waals surface area contributed by atoms with E-state index < -0.39 is 66.1 Å². The summed E-state index contributed by atoms with van der Waals surface area (Å²) < 4.78 is 54.7. The summed E-state index contributed by atoms with van der Waals surface area (Å²) in [6, 6.07) is 6.41. The van der Waals surface area contributed by atoms with Crippen LogP contribution in [0.25, 0.3) is 21.3 Å². The third kappa shape index (κ3) is 4.59. The van der Waals surface area contributed by atoms with Gasteiger partial charge in [0.1, 0.15) is 34.9 Å². The van der Waals surface area contributed by atoms with Crippen molar-refractivity contribution in [3.63, 3.8) is 0 Å². The van der Waals surface area contributed by atoms with E-state index in [0.29, 0.717) is 5.39 Å². The number of aromatic nitrogens is 3. The van der Waals surface area contributed by atoms with Crippen LogP contribution < -0.4 is 5.32 Å². The Balaban J connectivity index is 1.32. The number of nitrogens with one attached hydrogen (secondary N) is 1. The van der Waals surface area contributed by atoms with Crippen molar-refractivity contribution >= 4 is 38.9 Å². The number of carbonyl (C=O) groups is 1. The third-order valence-electron chi connectivity index (χ3n) is 7.34. The van der Waals surface area contributed by atoms with Crippen LogP contribution in [0, 0.1) is 17.5 Å². The monoisotopic (exact) mass is 610 g/mol. The van der Waals surface area contributed by atoms with Crippen molar-refractivity contribution in [2.75, 3.05) is 13.2 Å². The van der Waals surface area contributed by atoms with Crippen molar-refractivity contribution < 1.29 is 42.8 Å². The number of carbonyl (C=O) groups excluding carboxylic acids is 1. The number of ether oxygens (including phenoxy) is 2. The van der Waals surface area contributed by atoms with Crippen LogP contribution in [0.2, 0.25) is 5.02 Å². The van der Waals surface area contributed by atoms with Crippen molar-refractivity contribution in [2.24, 2.45) is 0 Å². The highest BCUT2D eigenvalue weighted by Crippen LogP contribution is 2.44. The maximum Gasteiger partial charge on any atom is 0.263 e. The lowest BCUT2D eigenvalue weighted by molar-refractivity contribution is -0.344. The summed E-state index contributed by atoms with van der Waals surface area (Å²) in [5, 5.41) is 44.1. The minimum absolute atomic E-state index is 0.0554. The van der Waals surface area contributed by atoms with E-state index in [0.717, 1.165) is 21.5 Å². The van der Waals surface area contributed by atoms with E-state index in [1.54, 1.807) is 12.1 Å². The van der Waals surface area contributed by atoms with E-state index in [2.05, 4.69) is 15.6 Å². The highest BCUT2D eigenvalue weighted by atomic mass is 35.5. The summed E-state index contributed by atoms with van der Waals surface area (Å²) in [5.41, 5.74) is -0.223. The third-order valence-corrected chi connectivity index (χ3v) is 9.02. The number of halogens is 4. The molecule has 216 valence electrons. The molecule has 0 aliphatic carbocycles. The van der Waals surface area contributed by atoms with Crippen LogP contribution in [-0.2, 0) is 9.47 Å². The van der Waals surface area contributed by atoms with E-state index in [1.165, 1.54) is 17.5 Å². The fourth-order valence-electron chi connectivity index (χ4n) is 5.33. The van der Waals surface area contributed by atoms with Gasteiger partial charge in [0, 0.05) is 15.6 Å². The summed E-state index contributed by atoms with van der Waals surface area (Å²) in [4.78, 5) is 13.6. The van der Waals surface area contributed by atoms with Crippen LogP contribution in [0.5, 0.6) is 0 Å². The van der Waals surface area contributed by atoms with Crippen molar-refractivity contribution in [1.82, 2.24) is 20.3 Å². The summed E-state index contributed by atoms with van der Waals surface area (Å²) in [7, 11) is 0. The number of amides is 1. The van der Waals surface area contributed by atoms with Gasteiger partial charge in [-0.2, -0.15) is 0 Å². The summed E-state index contributed by atoms with van der Waals surface area (Å²) in [6.07, 6.45) is -3.11. The normalized spacial score (nSPS) is 28.0. The summed E-state index contributed by atoms with van der Waals surface area (Å²) in [6.45, 7) is -0.631. The molecule has 6 rings (SSSR count). The largest absolute Gasteiger partial charge is 0.394 e. The van der Waals surface area contributed by atoms with Crippen molar-refractivity contribution in [3.8, 4) is 11.3 Å². The predicted octanol–water partition coefficient (Wildman–Crippen LogP) is 2.80. The number of fused-ring (bicyclic) bond motifs is 1. The van der Waals surface area contributed by atoms with Crippen LogP contribution in [0.3, 0.4) is 0 Å². The van der Waals surface area contributed by atoms with E-state index in [-0.39, 0.29) is 34.2 Å². The Morgan fingerprint density at radius 2 is 1.95 bits per heavy atom. The SMILES string of the molecule is O=C(N[C@@H]1CCO[C@]12O[C@H](CO)[C@H](O)[C@H](n1cc(-c3cc(F)c(F)c(F)c3)nn1)[C@H]2O)c1sc2ccccc2c1Cl. The first-order valence-corrected chi connectivity index (χ1v) is 13.7.